The number of hydrogen-bond acceptors (Lipinski definition) is 2. The predicted molar refractivity (Wildman–Crippen MR) is 74.5 cm³/mol. The first-order valence-electron chi connectivity index (χ1n) is 6.10. The van der Waals surface area contributed by atoms with E-state index in [4.69, 9.17) is 0 Å². The Bertz CT molecular complexity index is 361. The Morgan fingerprint density at radius 2 is 1.88 bits per heavy atom. The summed E-state index contributed by atoms with van der Waals surface area (Å²) in [7, 11) is 0. The van der Waals surface area contributed by atoms with Crippen molar-refractivity contribution in [3.8, 4) is 0 Å². The maximum Gasteiger partial charge on any atom is 0.224 e. The van der Waals surface area contributed by atoms with E-state index in [1.165, 1.54) is 0 Å². The van der Waals surface area contributed by atoms with E-state index in [0.29, 0.717) is 12.3 Å². The van der Waals surface area contributed by atoms with Crippen LogP contribution < -0.4 is 5.32 Å². The van der Waals surface area contributed by atoms with Gasteiger partial charge in [-0.1, -0.05) is 32.4 Å². The molecule has 0 radical (unpaired) electrons. The molecule has 0 fully saturated rings. The van der Waals surface area contributed by atoms with Gasteiger partial charge < -0.3 is 5.32 Å². The van der Waals surface area contributed by atoms with E-state index in [1.54, 1.807) is 0 Å². The topological polar surface area (TPSA) is 29.1 Å². The fourth-order valence-corrected chi connectivity index (χ4v) is 1.75. The molecule has 0 heterocycles. The molecule has 17 heavy (non-hydrogen) atoms. The third kappa shape index (κ3) is 4.82. The number of benzene rings is 1. The summed E-state index contributed by atoms with van der Waals surface area (Å²) in [6, 6.07) is 7.93. The zero-order chi connectivity index (χ0) is 12.8. The number of carbonyl (C=O) groups is 1. The molecular weight excluding hydrogens is 230 g/mol. The molecule has 94 valence electrons. The van der Waals surface area contributed by atoms with Gasteiger partial charge in [-0.15, -0.1) is 12.6 Å². The van der Waals surface area contributed by atoms with Crippen molar-refractivity contribution in [2.24, 2.45) is 5.92 Å². The lowest BCUT2D eigenvalue weighted by molar-refractivity contribution is -0.121. The summed E-state index contributed by atoms with van der Waals surface area (Å²) in [6.07, 6.45) is 1.52. The third-order valence-corrected chi connectivity index (χ3v) is 3.49. The molecule has 0 aliphatic heterocycles. The van der Waals surface area contributed by atoms with Crippen LogP contribution in [0.2, 0.25) is 0 Å². The molecule has 2 atom stereocenters. The summed E-state index contributed by atoms with van der Waals surface area (Å²) in [5.74, 6) is 0.600. The van der Waals surface area contributed by atoms with Gasteiger partial charge in [0.25, 0.3) is 0 Å². The van der Waals surface area contributed by atoms with Crippen LogP contribution in [-0.2, 0) is 11.2 Å². The van der Waals surface area contributed by atoms with Crippen LogP contribution in [0.4, 0.5) is 0 Å². The molecule has 0 spiro atoms. The number of thiol groups is 1. The Morgan fingerprint density at radius 1 is 1.29 bits per heavy atom. The fourth-order valence-electron chi connectivity index (χ4n) is 1.60. The number of hydrogen-bond donors (Lipinski definition) is 2. The number of carbonyl (C=O) groups excluding carboxylic acids is 1. The van der Waals surface area contributed by atoms with Crippen LogP contribution in [0.15, 0.2) is 29.2 Å². The van der Waals surface area contributed by atoms with E-state index in [1.807, 2.05) is 24.3 Å². The molecule has 2 unspecified atom stereocenters. The lowest BCUT2D eigenvalue weighted by Crippen LogP contribution is -2.37. The number of amides is 1. The zero-order valence-corrected chi connectivity index (χ0v) is 11.6. The molecule has 1 amide bonds. The van der Waals surface area contributed by atoms with Crippen molar-refractivity contribution in [1.29, 1.82) is 0 Å². The molecule has 0 bridgehead atoms. The molecular formula is C14H21NOS. The van der Waals surface area contributed by atoms with Gasteiger partial charge in [0.2, 0.25) is 5.91 Å². The van der Waals surface area contributed by atoms with Crippen LogP contribution in [0.1, 0.15) is 32.8 Å². The molecule has 0 saturated heterocycles. The van der Waals surface area contributed by atoms with Crippen LogP contribution in [0, 0.1) is 5.92 Å². The van der Waals surface area contributed by atoms with Gasteiger partial charge in [-0.3, -0.25) is 4.79 Å². The van der Waals surface area contributed by atoms with Crippen LogP contribution in [-0.4, -0.2) is 11.9 Å². The van der Waals surface area contributed by atoms with Gasteiger partial charge in [0.15, 0.2) is 0 Å². The van der Waals surface area contributed by atoms with Crippen molar-refractivity contribution in [3.63, 3.8) is 0 Å². The van der Waals surface area contributed by atoms with Gasteiger partial charge in [-0.2, -0.15) is 0 Å². The summed E-state index contributed by atoms with van der Waals surface area (Å²) >= 11 is 4.22. The standard InChI is InChI=1S/C14H21NOS/c1-4-10(2)11(3)15-14(16)9-12-5-7-13(17)8-6-12/h5-8,10-11,17H,4,9H2,1-3H3,(H,15,16). The minimum atomic E-state index is 0.0877. The van der Waals surface area contributed by atoms with Crippen LogP contribution >= 0.6 is 12.6 Å². The van der Waals surface area contributed by atoms with Gasteiger partial charge >= 0.3 is 0 Å². The van der Waals surface area contributed by atoms with Gasteiger partial charge in [0.1, 0.15) is 0 Å². The molecule has 1 N–H and O–H groups in total. The second-order valence-corrected chi connectivity index (χ2v) is 5.10. The Balaban J connectivity index is 2.47. The van der Waals surface area contributed by atoms with Crippen LogP contribution in [0.5, 0.6) is 0 Å². The maximum absolute atomic E-state index is 11.8. The van der Waals surface area contributed by atoms with Crippen LogP contribution in [0.3, 0.4) is 0 Å². The highest BCUT2D eigenvalue weighted by Crippen LogP contribution is 2.10. The summed E-state index contributed by atoms with van der Waals surface area (Å²) in [6.45, 7) is 6.35. The van der Waals surface area contributed by atoms with E-state index >= 15 is 0 Å². The first-order valence-corrected chi connectivity index (χ1v) is 6.55. The smallest absolute Gasteiger partial charge is 0.224 e. The molecule has 0 aromatic heterocycles. The second-order valence-electron chi connectivity index (χ2n) is 4.58. The average molecular weight is 251 g/mol. The fraction of sp³-hybridized carbons (Fsp3) is 0.500. The molecule has 0 saturated carbocycles. The van der Waals surface area contributed by atoms with Crippen LogP contribution in [0.25, 0.3) is 0 Å². The van der Waals surface area contributed by atoms with Crippen molar-refractivity contribution in [2.75, 3.05) is 0 Å². The average Bonchev–Trinajstić information content (AvgIpc) is 2.30. The van der Waals surface area contributed by atoms with Gasteiger partial charge in [-0.25, -0.2) is 0 Å². The second kappa shape index (κ2) is 6.70. The number of rotatable bonds is 5. The SMILES string of the molecule is CCC(C)C(C)NC(=O)Cc1ccc(S)cc1. The van der Waals surface area contributed by atoms with E-state index < -0.39 is 0 Å². The Kier molecular flexibility index (Phi) is 5.56. The highest BCUT2D eigenvalue weighted by atomic mass is 32.1. The summed E-state index contributed by atoms with van der Waals surface area (Å²) in [5.41, 5.74) is 1.02. The van der Waals surface area contributed by atoms with Crippen molar-refractivity contribution in [3.05, 3.63) is 29.8 Å². The third-order valence-electron chi connectivity index (χ3n) is 3.19. The molecule has 1 rings (SSSR count). The first-order chi connectivity index (χ1) is 8.02. The molecule has 1 aromatic rings. The summed E-state index contributed by atoms with van der Waals surface area (Å²) < 4.78 is 0. The summed E-state index contributed by atoms with van der Waals surface area (Å²) in [5, 5.41) is 3.04. The zero-order valence-electron chi connectivity index (χ0n) is 10.7. The normalized spacial score (nSPS) is 14.1. The Hall–Kier alpha value is -0.960. The van der Waals surface area contributed by atoms with Crippen molar-refractivity contribution >= 4 is 18.5 Å². The molecule has 1 aromatic carbocycles. The van der Waals surface area contributed by atoms with Crippen molar-refractivity contribution in [2.45, 2.75) is 44.6 Å². The van der Waals surface area contributed by atoms with Gasteiger partial charge in [0, 0.05) is 10.9 Å². The highest BCUT2D eigenvalue weighted by Gasteiger charge is 2.13. The number of nitrogens with one attached hydrogen (secondary N) is 1. The maximum atomic E-state index is 11.8. The minimum absolute atomic E-state index is 0.0877. The Labute approximate surface area is 109 Å². The lowest BCUT2D eigenvalue weighted by Gasteiger charge is -2.19. The first kappa shape index (κ1) is 14.1. The molecule has 0 aliphatic rings. The largest absolute Gasteiger partial charge is 0.353 e. The predicted octanol–water partition coefficient (Wildman–Crippen LogP) is 3.07. The molecule has 2 nitrogen and oxygen atoms in total. The van der Waals surface area contributed by atoms with E-state index in [0.717, 1.165) is 16.9 Å². The van der Waals surface area contributed by atoms with E-state index in [-0.39, 0.29) is 11.9 Å². The van der Waals surface area contributed by atoms with E-state index in [9.17, 15) is 4.79 Å². The Morgan fingerprint density at radius 3 is 2.41 bits per heavy atom. The van der Waals surface area contributed by atoms with Crippen molar-refractivity contribution in [1.82, 2.24) is 5.32 Å². The minimum Gasteiger partial charge on any atom is -0.353 e. The van der Waals surface area contributed by atoms with Crippen molar-refractivity contribution < 1.29 is 4.79 Å². The quantitative estimate of drug-likeness (QED) is 0.774. The summed E-state index contributed by atoms with van der Waals surface area (Å²) in [4.78, 5) is 12.7. The van der Waals surface area contributed by atoms with Gasteiger partial charge in [0.05, 0.1) is 6.42 Å². The molecule has 0 aliphatic carbocycles. The van der Waals surface area contributed by atoms with Gasteiger partial charge in [-0.05, 0) is 30.5 Å². The lowest BCUT2D eigenvalue weighted by atomic mass is 10.0. The van der Waals surface area contributed by atoms with E-state index in [2.05, 4.69) is 38.7 Å². The molecule has 3 heteroatoms. The highest BCUT2D eigenvalue weighted by molar-refractivity contribution is 7.80. The monoisotopic (exact) mass is 251 g/mol.